The van der Waals surface area contributed by atoms with Crippen LogP contribution in [0.2, 0.25) is 0 Å². The summed E-state index contributed by atoms with van der Waals surface area (Å²) in [5, 5.41) is 0. The quantitative estimate of drug-likeness (QED) is 0.381. The highest BCUT2D eigenvalue weighted by Gasteiger charge is 2.40. The maximum atomic E-state index is 11.4. The van der Waals surface area contributed by atoms with Gasteiger partial charge in [0.1, 0.15) is 0 Å². The number of rotatable bonds is 5. The van der Waals surface area contributed by atoms with Crippen molar-refractivity contribution < 1.29 is 28.6 Å². The van der Waals surface area contributed by atoms with Crippen molar-refractivity contribution in [1.29, 1.82) is 0 Å². The van der Waals surface area contributed by atoms with Crippen LogP contribution in [-0.2, 0) is 28.6 Å². The molecule has 1 atom stereocenters. The van der Waals surface area contributed by atoms with Crippen LogP contribution in [-0.4, -0.2) is 39.2 Å². The molecule has 0 N–H and O–H groups in total. The van der Waals surface area contributed by atoms with E-state index in [-0.39, 0.29) is 6.42 Å². The zero-order valence-electron chi connectivity index (χ0n) is 9.81. The number of hydrogen-bond acceptors (Lipinski definition) is 6. The van der Waals surface area contributed by atoms with Gasteiger partial charge in [0.25, 0.3) is 0 Å². The van der Waals surface area contributed by atoms with Crippen LogP contribution >= 0.6 is 0 Å². The molecule has 0 spiro atoms. The molecule has 0 radical (unpaired) electrons. The Morgan fingerprint density at radius 1 is 0.875 bits per heavy atom. The third-order valence-corrected chi connectivity index (χ3v) is 2.26. The van der Waals surface area contributed by atoms with Crippen molar-refractivity contribution in [2.75, 3.05) is 21.3 Å². The Hall–Kier alpha value is -1.59. The van der Waals surface area contributed by atoms with Crippen molar-refractivity contribution >= 4 is 17.9 Å². The highest BCUT2D eigenvalue weighted by atomic mass is 16.5. The van der Waals surface area contributed by atoms with Crippen molar-refractivity contribution in [3.05, 3.63) is 0 Å². The van der Waals surface area contributed by atoms with E-state index in [0.29, 0.717) is 0 Å². The maximum absolute atomic E-state index is 11.4. The van der Waals surface area contributed by atoms with Gasteiger partial charge in [0.2, 0.25) is 0 Å². The van der Waals surface area contributed by atoms with E-state index < -0.39 is 29.7 Å². The van der Waals surface area contributed by atoms with Crippen molar-refractivity contribution in [2.24, 2.45) is 11.8 Å². The van der Waals surface area contributed by atoms with Crippen molar-refractivity contribution in [2.45, 2.75) is 13.3 Å². The Balaban J connectivity index is 5.05. The maximum Gasteiger partial charge on any atom is 0.320 e. The van der Waals surface area contributed by atoms with Gasteiger partial charge in [-0.25, -0.2) is 0 Å². The van der Waals surface area contributed by atoms with Gasteiger partial charge in [-0.2, -0.15) is 0 Å². The number of carbonyl (C=O) groups is 3. The summed E-state index contributed by atoms with van der Waals surface area (Å²) < 4.78 is 13.4. The van der Waals surface area contributed by atoms with Crippen molar-refractivity contribution in [3.63, 3.8) is 0 Å². The molecule has 6 heteroatoms. The molecule has 0 fully saturated rings. The van der Waals surface area contributed by atoms with Gasteiger partial charge in [-0.05, 0) is 6.42 Å². The minimum Gasteiger partial charge on any atom is -0.469 e. The first-order valence-corrected chi connectivity index (χ1v) is 4.76. The molecular formula is C10H16O6. The number of hydrogen-bond donors (Lipinski definition) is 0. The SMILES string of the molecule is CCC(C(=O)OC)C(C(=O)OC)C(=O)OC. The average Bonchev–Trinajstić information content (AvgIpc) is 2.32. The van der Waals surface area contributed by atoms with E-state index >= 15 is 0 Å². The fourth-order valence-electron chi connectivity index (χ4n) is 1.37. The van der Waals surface area contributed by atoms with Crippen molar-refractivity contribution in [1.82, 2.24) is 0 Å². The van der Waals surface area contributed by atoms with Crippen LogP contribution in [0.5, 0.6) is 0 Å². The summed E-state index contributed by atoms with van der Waals surface area (Å²) in [6.45, 7) is 1.67. The molecule has 16 heavy (non-hydrogen) atoms. The molecular weight excluding hydrogens is 216 g/mol. The number of carbonyl (C=O) groups excluding carboxylic acids is 3. The number of ether oxygens (including phenoxy) is 3. The lowest BCUT2D eigenvalue weighted by Gasteiger charge is -2.19. The summed E-state index contributed by atoms with van der Waals surface area (Å²) in [7, 11) is 3.47. The normalized spacial score (nSPS) is 11.8. The van der Waals surface area contributed by atoms with Crippen LogP contribution < -0.4 is 0 Å². The highest BCUT2D eigenvalue weighted by molar-refractivity contribution is 5.99. The van der Waals surface area contributed by atoms with Crippen LogP contribution in [0.25, 0.3) is 0 Å². The zero-order valence-corrected chi connectivity index (χ0v) is 9.81. The molecule has 0 amide bonds. The first-order chi connectivity index (χ1) is 7.53. The lowest BCUT2D eigenvalue weighted by molar-refractivity contribution is -0.168. The molecule has 0 aromatic heterocycles. The predicted molar refractivity (Wildman–Crippen MR) is 53.3 cm³/mol. The standard InChI is InChI=1S/C10H16O6/c1-5-6(8(11)14-2)7(9(12)15-3)10(13)16-4/h6-7H,5H2,1-4H3. The first kappa shape index (κ1) is 14.4. The molecule has 0 bridgehead atoms. The molecule has 0 aliphatic rings. The van der Waals surface area contributed by atoms with E-state index in [0.717, 1.165) is 14.2 Å². The lowest BCUT2D eigenvalue weighted by atomic mass is 9.90. The van der Waals surface area contributed by atoms with Crippen LogP contribution in [0.4, 0.5) is 0 Å². The minimum atomic E-state index is -1.27. The number of esters is 3. The van der Waals surface area contributed by atoms with E-state index in [1.807, 2.05) is 0 Å². The second kappa shape index (κ2) is 6.81. The van der Waals surface area contributed by atoms with E-state index in [1.165, 1.54) is 7.11 Å². The first-order valence-electron chi connectivity index (χ1n) is 4.76. The summed E-state index contributed by atoms with van der Waals surface area (Å²) in [6, 6.07) is 0. The van der Waals surface area contributed by atoms with Gasteiger partial charge in [0.05, 0.1) is 27.2 Å². The topological polar surface area (TPSA) is 78.9 Å². The fourth-order valence-corrected chi connectivity index (χ4v) is 1.37. The summed E-state index contributed by atoms with van der Waals surface area (Å²) in [4.78, 5) is 34.2. The van der Waals surface area contributed by atoms with Crippen LogP contribution in [0, 0.1) is 11.8 Å². The predicted octanol–water partition coefficient (Wildman–Crippen LogP) is 0.148. The van der Waals surface area contributed by atoms with E-state index in [9.17, 15) is 14.4 Å². The molecule has 0 aliphatic heterocycles. The highest BCUT2D eigenvalue weighted by Crippen LogP contribution is 2.20. The van der Waals surface area contributed by atoms with E-state index in [1.54, 1.807) is 6.92 Å². The zero-order chi connectivity index (χ0) is 12.7. The van der Waals surface area contributed by atoms with E-state index in [4.69, 9.17) is 0 Å². The number of methoxy groups -OCH3 is 3. The fraction of sp³-hybridized carbons (Fsp3) is 0.700. The van der Waals surface area contributed by atoms with Crippen LogP contribution in [0.1, 0.15) is 13.3 Å². The molecule has 6 nitrogen and oxygen atoms in total. The monoisotopic (exact) mass is 232 g/mol. The van der Waals surface area contributed by atoms with Gasteiger partial charge in [0.15, 0.2) is 5.92 Å². The molecule has 0 saturated carbocycles. The second-order valence-corrected chi connectivity index (χ2v) is 3.06. The van der Waals surface area contributed by atoms with Crippen LogP contribution in [0.15, 0.2) is 0 Å². The lowest BCUT2D eigenvalue weighted by Crippen LogP contribution is -2.37. The Kier molecular flexibility index (Phi) is 6.14. The molecule has 92 valence electrons. The molecule has 1 unspecified atom stereocenters. The van der Waals surface area contributed by atoms with Gasteiger partial charge in [0, 0.05) is 0 Å². The Labute approximate surface area is 93.8 Å². The van der Waals surface area contributed by atoms with Gasteiger partial charge in [-0.1, -0.05) is 6.92 Å². The Bertz CT molecular complexity index is 256. The second-order valence-electron chi connectivity index (χ2n) is 3.06. The van der Waals surface area contributed by atoms with Gasteiger partial charge >= 0.3 is 17.9 Å². The molecule has 0 aliphatic carbocycles. The summed E-state index contributed by atoms with van der Waals surface area (Å²) in [5.74, 6) is -4.39. The molecule has 0 heterocycles. The molecule has 0 saturated heterocycles. The van der Waals surface area contributed by atoms with Crippen LogP contribution in [0.3, 0.4) is 0 Å². The van der Waals surface area contributed by atoms with E-state index in [2.05, 4.69) is 14.2 Å². The molecule has 0 aromatic carbocycles. The minimum absolute atomic E-state index is 0.279. The third kappa shape index (κ3) is 3.22. The smallest absolute Gasteiger partial charge is 0.320 e. The van der Waals surface area contributed by atoms with Crippen molar-refractivity contribution in [3.8, 4) is 0 Å². The molecule has 0 aromatic rings. The summed E-state index contributed by atoms with van der Waals surface area (Å²) in [6.07, 6.45) is 0.279. The van der Waals surface area contributed by atoms with Gasteiger partial charge in [-0.15, -0.1) is 0 Å². The summed E-state index contributed by atoms with van der Waals surface area (Å²) >= 11 is 0. The largest absolute Gasteiger partial charge is 0.469 e. The Morgan fingerprint density at radius 2 is 1.25 bits per heavy atom. The Morgan fingerprint density at radius 3 is 1.50 bits per heavy atom. The van der Waals surface area contributed by atoms with Gasteiger partial charge in [-0.3, -0.25) is 14.4 Å². The molecule has 0 rings (SSSR count). The van der Waals surface area contributed by atoms with Gasteiger partial charge < -0.3 is 14.2 Å². The summed E-state index contributed by atoms with van der Waals surface area (Å²) in [5.41, 5.74) is 0. The average molecular weight is 232 g/mol. The third-order valence-electron chi connectivity index (χ3n) is 2.26.